The molecule has 0 bridgehead atoms. The number of carbonyl (C=O) groups excluding carboxylic acids is 1. The molecule has 0 aliphatic carbocycles. The summed E-state index contributed by atoms with van der Waals surface area (Å²) in [7, 11) is 0. The predicted molar refractivity (Wildman–Crippen MR) is 117 cm³/mol. The molecule has 0 saturated carbocycles. The zero-order valence-corrected chi connectivity index (χ0v) is 17.2. The minimum absolute atomic E-state index is 0.0213. The number of hydrogen-bond acceptors (Lipinski definition) is 6. The van der Waals surface area contributed by atoms with Gasteiger partial charge in [-0.2, -0.15) is 0 Å². The van der Waals surface area contributed by atoms with Crippen LogP contribution >= 0.6 is 0 Å². The van der Waals surface area contributed by atoms with Crippen LogP contribution in [0.25, 0.3) is 11.0 Å². The van der Waals surface area contributed by atoms with Crippen molar-refractivity contribution < 1.29 is 24.2 Å². The van der Waals surface area contributed by atoms with Gasteiger partial charge < -0.3 is 26.1 Å². The van der Waals surface area contributed by atoms with E-state index in [0.717, 1.165) is 5.56 Å². The number of amides is 1. The summed E-state index contributed by atoms with van der Waals surface area (Å²) in [4.78, 5) is 32.4. The maximum absolute atomic E-state index is 12.3. The number of benzene rings is 2. The number of carbonyl (C=O) groups is 2. The largest absolute Gasteiger partial charge is 0.507 e. The molecule has 0 aliphatic rings. The molecule has 0 fully saturated rings. The maximum atomic E-state index is 12.3. The number of nitrogens with two attached hydrogens (primary N) is 2. The zero-order valence-electron chi connectivity index (χ0n) is 17.2. The summed E-state index contributed by atoms with van der Waals surface area (Å²) in [5.41, 5.74) is 11.1. The van der Waals surface area contributed by atoms with Crippen LogP contribution in [0.1, 0.15) is 43.2 Å². The van der Waals surface area contributed by atoms with E-state index in [4.69, 9.17) is 21.0 Å². The first-order valence-corrected chi connectivity index (χ1v) is 9.82. The number of aliphatic carboxylic acids is 1. The van der Waals surface area contributed by atoms with E-state index in [9.17, 15) is 19.5 Å². The Labute approximate surface area is 179 Å². The molecule has 0 radical (unpaired) electrons. The van der Waals surface area contributed by atoms with Gasteiger partial charge in [-0.05, 0) is 30.5 Å². The van der Waals surface area contributed by atoms with Gasteiger partial charge in [0.25, 0.3) is 0 Å². The summed E-state index contributed by atoms with van der Waals surface area (Å²) < 4.78 is 5.36. The summed E-state index contributed by atoms with van der Waals surface area (Å²) in [6.07, 6.45) is 0.832. The number of aromatic hydroxyl groups is 1. The molecule has 31 heavy (non-hydrogen) atoms. The Bertz CT molecular complexity index is 1090. The van der Waals surface area contributed by atoms with Gasteiger partial charge in [0.1, 0.15) is 17.4 Å². The molecule has 164 valence electrons. The molecule has 2 unspecified atom stereocenters. The molecule has 1 aromatic heterocycles. The van der Waals surface area contributed by atoms with Crippen LogP contribution in [-0.2, 0) is 9.59 Å². The average molecular weight is 426 g/mol. The number of rotatable bonds is 7. The van der Waals surface area contributed by atoms with Gasteiger partial charge in [-0.1, -0.05) is 49.4 Å². The lowest BCUT2D eigenvalue weighted by Crippen LogP contribution is -2.31. The number of primary amides is 1. The first-order valence-electron chi connectivity index (χ1n) is 9.82. The van der Waals surface area contributed by atoms with E-state index < -0.39 is 23.5 Å². The molecule has 8 nitrogen and oxygen atoms in total. The lowest BCUT2D eigenvalue weighted by atomic mass is 9.89. The van der Waals surface area contributed by atoms with Gasteiger partial charge in [-0.3, -0.25) is 9.59 Å². The molecule has 0 spiro atoms. The van der Waals surface area contributed by atoms with E-state index in [0.29, 0.717) is 23.0 Å². The Morgan fingerprint density at radius 2 is 1.68 bits per heavy atom. The molecule has 0 aliphatic heterocycles. The van der Waals surface area contributed by atoms with E-state index in [1.165, 1.54) is 0 Å². The van der Waals surface area contributed by atoms with Crippen LogP contribution in [0.2, 0.25) is 0 Å². The molecule has 0 saturated heterocycles. The van der Waals surface area contributed by atoms with E-state index >= 15 is 0 Å². The van der Waals surface area contributed by atoms with Crippen LogP contribution in [0.15, 0.2) is 63.8 Å². The zero-order chi connectivity index (χ0) is 23.0. The van der Waals surface area contributed by atoms with E-state index in [1.54, 1.807) is 18.2 Å². The highest BCUT2D eigenvalue weighted by atomic mass is 16.4. The number of carboxylic acids is 1. The van der Waals surface area contributed by atoms with E-state index in [2.05, 4.69) is 0 Å². The molecule has 1 amide bonds. The van der Waals surface area contributed by atoms with Crippen molar-refractivity contribution in [3.8, 4) is 5.75 Å². The van der Waals surface area contributed by atoms with Crippen molar-refractivity contribution in [2.75, 3.05) is 0 Å². The highest BCUT2D eigenvalue weighted by Crippen LogP contribution is 2.35. The average Bonchev–Trinajstić information content (AvgIpc) is 2.75. The molecule has 3 aromatic rings. The van der Waals surface area contributed by atoms with Gasteiger partial charge in [0.05, 0.1) is 10.9 Å². The highest BCUT2D eigenvalue weighted by molar-refractivity contribution is 5.84. The van der Waals surface area contributed by atoms with Crippen molar-refractivity contribution >= 4 is 22.8 Å². The van der Waals surface area contributed by atoms with Crippen molar-refractivity contribution in [2.45, 2.75) is 38.1 Å². The van der Waals surface area contributed by atoms with Crippen LogP contribution in [-0.4, -0.2) is 28.1 Å². The molecular formula is C23H26N2O6. The van der Waals surface area contributed by atoms with Gasteiger partial charge in [0, 0.05) is 12.3 Å². The van der Waals surface area contributed by atoms with Crippen molar-refractivity contribution in [3.05, 3.63) is 76.1 Å². The molecule has 2 aromatic carbocycles. The lowest BCUT2D eigenvalue weighted by molar-refractivity contribution is -0.138. The van der Waals surface area contributed by atoms with Crippen LogP contribution in [0.3, 0.4) is 0 Å². The van der Waals surface area contributed by atoms with Crippen molar-refractivity contribution in [1.29, 1.82) is 0 Å². The fourth-order valence-corrected chi connectivity index (χ4v) is 3.17. The van der Waals surface area contributed by atoms with E-state index in [-0.39, 0.29) is 24.5 Å². The number of hydrogen-bond donors (Lipinski definition) is 4. The second-order valence-corrected chi connectivity index (χ2v) is 6.97. The molecule has 2 atom stereocenters. The van der Waals surface area contributed by atoms with Crippen LogP contribution in [0.4, 0.5) is 0 Å². The van der Waals surface area contributed by atoms with Crippen LogP contribution < -0.4 is 17.1 Å². The molecule has 8 heteroatoms. The topological polar surface area (TPSA) is 157 Å². The van der Waals surface area contributed by atoms with Crippen LogP contribution in [0, 0.1) is 0 Å². The van der Waals surface area contributed by atoms with Gasteiger partial charge in [-0.15, -0.1) is 0 Å². The van der Waals surface area contributed by atoms with Crippen molar-refractivity contribution in [3.63, 3.8) is 0 Å². The van der Waals surface area contributed by atoms with Crippen molar-refractivity contribution in [2.24, 2.45) is 11.5 Å². The standard InChI is InChI=1S/C18H16O3.C5H10N2O3/c1-2-13(12-8-4-3-5-9-12)16-17(19)14-10-6-7-11-15(14)21-18(16)20;6-3(5(9)10)1-2-4(7)8/h3-11,13,19H,2H2,1H3;3H,1-2,6H2,(H2,7,8)(H,9,10). The third kappa shape index (κ3) is 6.16. The van der Waals surface area contributed by atoms with E-state index in [1.807, 2.05) is 43.3 Å². The van der Waals surface area contributed by atoms with Crippen LogP contribution in [0.5, 0.6) is 5.75 Å². The fraction of sp³-hybridized carbons (Fsp3) is 0.261. The third-order valence-electron chi connectivity index (χ3n) is 4.80. The SMILES string of the molecule is CCC(c1ccccc1)c1c(O)c2ccccc2oc1=O.NC(=O)CCC(N)C(=O)O. The first kappa shape index (κ1) is 23.6. The minimum Gasteiger partial charge on any atom is -0.507 e. The number of carboxylic acid groups (broad SMARTS) is 1. The smallest absolute Gasteiger partial charge is 0.343 e. The number of para-hydroxylation sites is 1. The molecule has 6 N–H and O–H groups in total. The highest BCUT2D eigenvalue weighted by Gasteiger charge is 2.23. The van der Waals surface area contributed by atoms with Gasteiger partial charge in [0.2, 0.25) is 5.91 Å². The second kappa shape index (κ2) is 10.9. The maximum Gasteiger partial charge on any atom is 0.343 e. The Kier molecular flexibility index (Phi) is 8.33. The monoisotopic (exact) mass is 426 g/mol. The molecule has 1 heterocycles. The minimum atomic E-state index is -1.11. The summed E-state index contributed by atoms with van der Waals surface area (Å²) in [5.74, 6) is -1.79. The Morgan fingerprint density at radius 3 is 2.26 bits per heavy atom. The Morgan fingerprint density at radius 1 is 1.06 bits per heavy atom. The summed E-state index contributed by atoms with van der Waals surface area (Å²) in [6.45, 7) is 1.99. The third-order valence-corrected chi connectivity index (χ3v) is 4.80. The quantitative estimate of drug-likeness (QED) is 0.423. The van der Waals surface area contributed by atoms with Crippen molar-refractivity contribution in [1.82, 2.24) is 0 Å². The summed E-state index contributed by atoms with van der Waals surface area (Å²) in [5, 5.41) is 19.3. The predicted octanol–water partition coefficient (Wildman–Crippen LogP) is 2.70. The fourth-order valence-electron chi connectivity index (χ4n) is 3.17. The Hall–Kier alpha value is -3.65. The second-order valence-electron chi connectivity index (χ2n) is 6.97. The molecule has 3 rings (SSSR count). The summed E-state index contributed by atoms with van der Waals surface area (Å²) in [6, 6.07) is 15.8. The van der Waals surface area contributed by atoms with Gasteiger partial charge in [0.15, 0.2) is 0 Å². The lowest BCUT2D eigenvalue weighted by Gasteiger charge is -2.16. The molecular weight excluding hydrogens is 400 g/mol. The van der Waals surface area contributed by atoms with Gasteiger partial charge >= 0.3 is 11.6 Å². The number of fused-ring (bicyclic) bond motifs is 1. The Balaban J connectivity index is 0.000000291. The summed E-state index contributed by atoms with van der Waals surface area (Å²) >= 11 is 0. The normalized spacial score (nSPS) is 12.5. The first-order chi connectivity index (χ1) is 14.8. The van der Waals surface area contributed by atoms with Gasteiger partial charge in [-0.25, -0.2) is 4.79 Å².